The van der Waals surface area contributed by atoms with Gasteiger partial charge in [0.25, 0.3) is 0 Å². The normalized spacial score (nSPS) is 21.7. The van der Waals surface area contributed by atoms with Gasteiger partial charge in [-0.15, -0.1) is 0 Å². The molecule has 1 aliphatic carbocycles. The maximum absolute atomic E-state index is 12.9. The summed E-state index contributed by atoms with van der Waals surface area (Å²) in [6.45, 7) is 8.63. The molecule has 5 rings (SSSR count). The number of pyridine rings is 1. The number of likely N-dealkylation sites (N-methyl/N-ethyl adjacent to an activating group) is 1. The average molecular weight is 461 g/mol. The van der Waals surface area contributed by atoms with E-state index in [4.69, 9.17) is 4.98 Å². The van der Waals surface area contributed by atoms with Gasteiger partial charge in [-0.2, -0.15) is 0 Å². The van der Waals surface area contributed by atoms with Gasteiger partial charge in [0.1, 0.15) is 11.3 Å². The first-order valence-corrected chi connectivity index (χ1v) is 12.6. The average Bonchev–Trinajstić information content (AvgIpc) is 3.17. The number of carbonyl (C=O) groups excluding carboxylic acids is 1. The standard InChI is InChI=1S/C27H36N6O/c1-19-12-13-28-26-25(19)29-20(2)33(26)18-21-4-8-23(9-5-21)30-24-10-6-22(7-11-24)27(34)32-16-14-31(3)15-17-32/h4-5,8-9,12-13,22,24,30H,6-7,10-11,14-18H2,1-3H3. The molecule has 2 aromatic heterocycles. The zero-order chi connectivity index (χ0) is 23.7. The van der Waals surface area contributed by atoms with Crippen LogP contribution in [0.2, 0.25) is 0 Å². The largest absolute Gasteiger partial charge is 0.382 e. The van der Waals surface area contributed by atoms with E-state index in [9.17, 15) is 4.79 Å². The zero-order valence-electron chi connectivity index (χ0n) is 20.6. The molecular weight excluding hydrogens is 424 g/mol. The molecule has 1 N–H and O–H groups in total. The number of aryl methyl sites for hydroxylation is 2. The van der Waals surface area contributed by atoms with Crippen molar-refractivity contribution in [3.05, 3.63) is 53.5 Å². The SMILES string of the molecule is Cc1ccnc2c1nc(C)n2Cc1ccc(NC2CCC(C(=O)N3CCN(C)CC3)CC2)cc1. The minimum absolute atomic E-state index is 0.203. The summed E-state index contributed by atoms with van der Waals surface area (Å²) in [6, 6.07) is 11.2. The number of amides is 1. The second kappa shape index (κ2) is 9.74. The molecule has 180 valence electrons. The Balaban J connectivity index is 1.15. The summed E-state index contributed by atoms with van der Waals surface area (Å²) >= 11 is 0. The molecule has 1 amide bonds. The maximum atomic E-state index is 12.9. The van der Waals surface area contributed by atoms with Gasteiger partial charge in [-0.3, -0.25) is 4.79 Å². The highest BCUT2D eigenvalue weighted by Crippen LogP contribution is 2.29. The Morgan fingerprint density at radius 3 is 2.41 bits per heavy atom. The van der Waals surface area contributed by atoms with Crippen molar-refractivity contribution in [1.29, 1.82) is 0 Å². The summed E-state index contributed by atoms with van der Waals surface area (Å²) in [5, 5.41) is 3.70. The minimum Gasteiger partial charge on any atom is -0.382 e. The van der Waals surface area contributed by atoms with Crippen molar-refractivity contribution in [3.63, 3.8) is 0 Å². The van der Waals surface area contributed by atoms with Crippen LogP contribution in [0.5, 0.6) is 0 Å². The Labute approximate surface area is 202 Å². The second-order valence-electron chi connectivity index (χ2n) is 10.1. The number of hydrogen-bond donors (Lipinski definition) is 1. The van der Waals surface area contributed by atoms with Crippen LogP contribution in [0.25, 0.3) is 11.2 Å². The molecule has 0 atom stereocenters. The minimum atomic E-state index is 0.203. The lowest BCUT2D eigenvalue weighted by molar-refractivity contribution is -0.138. The van der Waals surface area contributed by atoms with Gasteiger partial charge in [0.15, 0.2) is 5.65 Å². The van der Waals surface area contributed by atoms with Crippen molar-refractivity contribution in [2.75, 3.05) is 38.5 Å². The van der Waals surface area contributed by atoms with E-state index in [1.54, 1.807) is 0 Å². The summed E-state index contributed by atoms with van der Waals surface area (Å²) in [4.78, 5) is 26.6. The second-order valence-corrected chi connectivity index (χ2v) is 10.1. The first kappa shape index (κ1) is 22.8. The molecule has 3 heterocycles. The quantitative estimate of drug-likeness (QED) is 0.627. The Kier molecular flexibility index (Phi) is 6.55. The Hall–Kier alpha value is -2.93. The predicted molar refractivity (Wildman–Crippen MR) is 136 cm³/mol. The Morgan fingerprint density at radius 1 is 1.00 bits per heavy atom. The number of fused-ring (bicyclic) bond motifs is 1. The molecule has 1 saturated carbocycles. The molecule has 1 aromatic carbocycles. The fraction of sp³-hybridized carbons (Fsp3) is 0.519. The van der Waals surface area contributed by atoms with Crippen LogP contribution in [0.4, 0.5) is 5.69 Å². The van der Waals surface area contributed by atoms with E-state index in [-0.39, 0.29) is 5.92 Å². The van der Waals surface area contributed by atoms with Gasteiger partial charge < -0.3 is 19.7 Å². The van der Waals surface area contributed by atoms with Crippen molar-refractivity contribution in [2.24, 2.45) is 5.92 Å². The molecule has 34 heavy (non-hydrogen) atoms. The lowest BCUT2D eigenvalue weighted by Gasteiger charge is -2.36. The fourth-order valence-corrected chi connectivity index (χ4v) is 5.33. The Morgan fingerprint density at radius 2 is 1.71 bits per heavy atom. The highest BCUT2D eigenvalue weighted by Gasteiger charge is 2.30. The summed E-state index contributed by atoms with van der Waals surface area (Å²) in [7, 11) is 2.13. The number of imidazole rings is 1. The van der Waals surface area contributed by atoms with Crippen molar-refractivity contribution in [2.45, 2.75) is 52.1 Å². The number of hydrogen-bond acceptors (Lipinski definition) is 5. The maximum Gasteiger partial charge on any atom is 0.225 e. The number of nitrogens with one attached hydrogen (secondary N) is 1. The van der Waals surface area contributed by atoms with Crippen LogP contribution in [0.15, 0.2) is 36.5 Å². The van der Waals surface area contributed by atoms with E-state index in [0.29, 0.717) is 11.9 Å². The topological polar surface area (TPSA) is 66.3 Å². The number of piperazine rings is 1. The number of aromatic nitrogens is 3. The van der Waals surface area contributed by atoms with E-state index in [1.807, 2.05) is 19.2 Å². The van der Waals surface area contributed by atoms with Gasteiger partial charge in [0.2, 0.25) is 5.91 Å². The molecule has 7 heteroatoms. The first-order valence-electron chi connectivity index (χ1n) is 12.6. The Bertz CT molecular complexity index is 1140. The molecule has 0 spiro atoms. The highest BCUT2D eigenvalue weighted by molar-refractivity contribution is 5.79. The van der Waals surface area contributed by atoms with Crippen LogP contribution in [-0.4, -0.2) is 69.5 Å². The lowest BCUT2D eigenvalue weighted by atomic mass is 9.85. The van der Waals surface area contributed by atoms with Crippen LogP contribution in [0.3, 0.4) is 0 Å². The summed E-state index contributed by atoms with van der Waals surface area (Å²) < 4.78 is 2.18. The number of nitrogens with zero attached hydrogens (tertiary/aromatic N) is 5. The molecule has 7 nitrogen and oxygen atoms in total. The van der Waals surface area contributed by atoms with Crippen LogP contribution < -0.4 is 5.32 Å². The number of rotatable bonds is 5. The van der Waals surface area contributed by atoms with Gasteiger partial charge >= 0.3 is 0 Å². The monoisotopic (exact) mass is 460 g/mol. The molecular formula is C27H36N6O. The molecule has 0 bridgehead atoms. The summed E-state index contributed by atoms with van der Waals surface area (Å²) in [6.07, 6.45) is 5.94. The van der Waals surface area contributed by atoms with Crippen molar-refractivity contribution >= 4 is 22.8 Å². The molecule has 2 aliphatic rings. The predicted octanol–water partition coefficient (Wildman–Crippen LogP) is 3.84. The highest BCUT2D eigenvalue weighted by atomic mass is 16.2. The van der Waals surface area contributed by atoms with E-state index < -0.39 is 0 Å². The lowest BCUT2D eigenvalue weighted by Crippen LogP contribution is -2.49. The third kappa shape index (κ3) is 4.80. The van der Waals surface area contributed by atoms with Crippen molar-refractivity contribution < 1.29 is 4.79 Å². The summed E-state index contributed by atoms with van der Waals surface area (Å²) in [5.41, 5.74) is 5.48. The van der Waals surface area contributed by atoms with Crippen LogP contribution >= 0.6 is 0 Å². The fourth-order valence-electron chi connectivity index (χ4n) is 5.33. The molecule has 1 saturated heterocycles. The van der Waals surface area contributed by atoms with Gasteiger partial charge in [-0.1, -0.05) is 12.1 Å². The van der Waals surface area contributed by atoms with Gasteiger partial charge in [-0.05, 0) is 75.9 Å². The number of carbonyl (C=O) groups is 1. The van der Waals surface area contributed by atoms with E-state index in [0.717, 1.165) is 86.6 Å². The molecule has 3 aromatic rings. The smallest absolute Gasteiger partial charge is 0.225 e. The third-order valence-electron chi connectivity index (χ3n) is 7.58. The van der Waals surface area contributed by atoms with Gasteiger partial charge in [0.05, 0.1) is 6.54 Å². The number of anilines is 1. The van der Waals surface area contributed by atoms with Gasteiger partial charge in [-0.25, -0.2) is 9.97 Å². The molecule has 1 aliphatic heterocycles. The van der Waals surface area contributed by atoms with E-state index in [2.05, 4.69) is 62.9 Å². The first-order chi connectivity index (χ1) is 16.5. The number of benzene rings is 1. The van der Waals surface area contributed by atoms with Crippen LogP contribution in [-0.2, 0) is 11.3 Å². The van der Waals surface area contributed by atoms with E-state index >= 15 is 0 Å². The molecule has 0 unspecified atom stereocenters. The van der Waals surface area contributed by atoms with Crippen LogP contribution in [0, 0.1) is 19.8 Å². The summed E-state index contributed by atoms with van der Waals surface area (Å²) in [5.74, 6) is 1.57. The molecule has 2 fully saturated rings. The van der Waals surface area contributed by atoms with Crippen LogP contribution in [0.1, 0.15) is 42.6 Å². The van der Waals surface area contributed by atoms with Crippen molar-refractivity contribution in [3.8, 4) is 0 Å². The third-order valence-corrected chi connectivity index (χ3v) is 7.58. The zero-order valence-corrected chi connectivity index (χ0v) is 20.6. The van der Waals surface area contributed by atoms with Crippen molar-refractivity contribution in [1.82, 2.24) is 24.3 Å². The molecule has 0 radical (unpaired) electrons. The van der Waals surface area contributed by atoms with E-state index in [1.165, 1.54) is 5.56 Å². The van der Waals surface area contributed by atoms with Gasteiger partial charge in [0, 0.05) is 50.0 Å².